The first-order chi connectivity index (χ1) is 21.6. The van der Waals surface area contributed by atoms with E-state index in [9.17, 15) is 9.59 Å². The van der Waals surface area contributed by atoms with Gasteiger partial charge in [0.2, 0.25) is 11.8 Å². The number of rotatable bonds is 10. The third-order valence-corrected chi connectivity index (χ3v) is 11.2. The Morgan fingerprint density at radius 2 is 1.34 bits per heavy atom. The predicted octanol–water partition coefficient (Wildman–Crippen LogP) is 6.67. The summed E-state index contributed by atoms with van der Waals surface area (Å²) >= 11 is 0. The third-order valence-electron chi connectivity index (χ3n) is 11.2. The summed E-state index contributed by atoms with van der Waals surface area (Å²) in [5.74, 6) is 1.97. The largest absolute Gasteiger partial charge is 0.342 e. The molecule has 4 fully saturated rings. The second-order valence-corrected chi connectivity index (χ2v) is 14.3. The van der Waals surface area contributed by atoms with E-state index < -0.39 is 5.54 Å². The Kier molecular flexibility index (Phi) is 10.7. The number of hydrogen-bond donors (Lipinski definition) is 2. The molecule has 2 saturated carbocycles. The molecule has 2 N–H and O–H groups in total. The van der Waals surface area contributed by atoms with Crippen LogP contribution in [0.1, 0.15) is 107 Å². The number of nitrogens with zero attached hydrogens (tertiary/aromatic N) is 2. The van der Waals surface area contributed by atoms with Crippen molar-refractivity contribution in [3.63, 3.8) is 0 Å². The van der Waals surface area contributed by atoms with Crippen molar-refractivity contribution in [3.8, 4) is 0 Å². The summed E-state index contributed by atoms with van der Waals surface area (Å²) in [5.41, 5.74) is 1.66. The molecule has 2 aliphatic carbocycles. The topological polar surface area (TPSA) is 64.7 Å². The minimum atomic E-state index is -0.441. The van der Waals surface area contributed by atoms with Crippen molar-refractivity contribution >= 4 is 11.8 Å². The van der Waals surface area contributed by atoms with E-state index in [-0.39, 0.29) is 11.8 Å². The summed E-state index contributed by atoms with van der Waals surface area (Å²) in [6.45, 7) is 3.65. The van der Waals surface area contributed by atoms with Crippen LogP contribution in [-0.2, 0) is 9.59 Å². The van der Waals surface area contributed by atoms with Gasteiger partial charge < -0.3 is 9.80 Å². The molecular formula is C38H54N4O2. The predicted molar refractivity (Wildman–Crippen MR) is 177 cm³/mol. The van der Waals surface area contributed by atoms with Crippen molar-refractivity contribution in [1.29, 1.82) is 0 Å². The molecule has 238 valence electrons. The van der Waals surface area contributed by atoms with Crippen molar-refractivity contribution in [3.05, 3.63) is 71.8 Å². The maximum Gasteiger partial charge on any atom is 0.243 e. The molecule has 6 nitrogen and oxygen atoms in total. The van der Waals surface area contributed by atoms with Crippen LogP contribution in [0.15, 0.2) is 60.7 Å². The van der Waals surface area contributed by atoms with Crippen molar-refractivity contribution in [1.82, 2.24) is 20.4 Å². The van der Waals surface area contributed by atoms with Gasteiger partial charge in [0.25, 0.3) is 0 Å². The molecule has 2 aromatic carbocycles. The molecule has 2 aliphatic heterocycles. The van der Waals surface area contributed by atoms with Crippen molar-refractivity contribution in [2.45, 2.75) is 101 Å². The standard InChI is InChI=1S/C38H54N4O2/c43-36(35(33-17-9-3-10-18-33)34-19-11-4-12-20-34)41-23-21-32(27-41)22-24-42-29-39-28-40-38(37(42)44,25-30-13-5-1-6-14-30)26-31-15-7-2-8-16-31/h3-4,9-12,17-20,30-32,35,39-40H,1-2,5-8,13-16,21-29H2. The molecular weight excluding hydrogens is 544 g/mol. The van der Waals surface area contributed by atoms with E-state index in [1.54, 1.807) is 0 Å². The Morgan fingerprint density at radius 3 is 1.91 bits per heavy atom. The maximum atomic E-state index is 14.6. The van der Waals surface area contributed by atoms with E-state index in [0.29, 0.717) is 37.0 Å². The van der Waals surface area contributed by atoms with E-state index >= 15 is 0 Å². The molecule has 2 aromatic rings. The summed E-state index contributed by atoms with van der Waals surface area (Å²) in [6, 6.07) is 20.4. The Morgan fingerprint density at radius 1 is 0.773 bits per heavy atom. The van der Waals surface area contributed by atoms with Gasteiger partial charge in [0, 0.05) is 26.3 Å². The van der Waals surface area contributed by atoms with Gasteiger partial charge >= 0.3 is 0 Å². The zero-order valence-corrected chi connectivity index (χ0v) is 26.7. The van der Waals surface area contributed by atoms with Crippen LogP contribution in [0.3, 0.4) is 0 Å². The van der Waals surface area contributed by atoms with E-state index in [0.717, 1.165) is 56.4 Å². The van der Waals surface area contributed by atoms with Crippen LogP contribution < -0.4 is 10.6 Å². The van der Waals surface area contributed by atoms with Gasteiger partial charge in [-0.2, -0.15) is 0 Å². The fourth-order valence-corrected chi connectivity index (χ4v) is 8.78. The summed E-state index contributed by atoms with van der Waals surface area (Å²) in [6.07, 6.45) is 17.0. The van der Waals surface area contributed by atoms with Crippen LogP contribution >= 0.6 is 0 Å². The van der Waals surface area contributed by atoms with E-state index in [4.69, 9.17) is 0 Å². The van der Waals surface area contributed by atoms with Crippen LogP contribution in [0.5, 0.6) is 0 Å². The molecule has 4 aliphatic rings. The number of carbonyl (C=O) groups is 2. The number of benzene rings is 2. The van der Waals surface area contributed by atoms with E-state index in [2.05, 4.69) is 44.7 Å². The quantitative estimate of drug-likeness (QED) is 0.321. The Hall–Kier alpha value is -2.70. The lowest BCUT2D eigenvalue weighted by molar-refractivity contribution is -0.140. The summed E-state index contributed by atoms with van der Waals surface area (Å²) in [5, 5.41) is 7.35. The van der Waals surface area contributed by atoms with Gasteiger partial charge in [-0.3, -0.25) is 20.2 Å². The number of nitrogens with one attached hydrogen (secondary N) is 2. The molecule has 0 spiro atoms. The summed E-state index contributed by atoms with van der Waals surface area (Å²) < 4.78 is 0. The van der Waals surface area contributed by atoms with Crippen LogP contribution in [0.4, 0.5) is 0 Å². The average Bonchev–Trinajstić information content (AvgIpc) is 3.50. The van der Waals surface area contributed by atoms with Gasteiger partial charge in [0.1, 0.15) is 0 Å². The molecule has 0 aromatic heterocycles. The Balaban J connectivity index is 1.11. The van der Waals surface area contributed by atoms with Crippen LogP contribution in [0.2, 0.25) is 0 Å². The molecule has 1 atom stereocenters. The highest BCUT2D eigenvalue weighted by Gasteiger charge is 2.45. The van der Waals surface area contributed by atoms with Crippen molar-refractivity contribution < 1.29 is 9.59 Å². The lowest BCUT2D eigenvalue weighted by Gasteiger charge is -2.41. The first-order valence-corrected chi connectivity index (χ1v) is 17.7. The average molecular weight is 599 g/mol. The second kappa shape index (κ2) is 15.1. The SMILES string of the molecule is O=C(C(c1ccccc1)c1ccccc1)N1CCC(CCN2CNCNC(CC3CCCCC3)(CC3CCCCC3)C2=O)C1. The van der Waals surface area contributed by atoms with Gasteiger partial charge in [-0.1, -0.05) is 125 Å². The molecule has 2 saturated heterocycles. The first kappa shape index (κ1) is 31.3. The number of hydrogen-bond acceptors (Lipinski definition) is 4. The second-order valence-electron chi connectivity index (χ2n) is 14.3. The fraction of sp³-hybridized carbons (Fsp3) is 0.632. The fourth-order valence-electron chi connectivity index (χ4n) is 8.78. The van der Waals surface area contributed by atoms with Gasteiger partial charge in [0.15, 0.2) is 0 Å². The van der Waals surface area contributed by atoms with Crippen LogP contribution in [0.25, 0.3) is 0 Å². The number of amides is 2. The molecule has 0 bridgehead atoms. The number of carbonyl (C=O) groups excluding carboxylic acids is 2. The molecule has 44 heavy (non-hydrogen) atoms. The lowest BCUT2D eigenvalue weighted by atomic mass is 9.72. The van der Waals surface area contributed by atoms with Gasteiger partial charge in [-0.25, -0.2) is 0 Å². The molecule has 0 radical (unpaired) electrons. The zero-order chi connectivity index (χ0) is 30.2. The summed E-state index contributed by atoms with van der Waals surface area (Å²) in [7, 11) is 0. The number of likely N-dealkylation sites (tertiary alicyclic amines) is 1. The minimum absolute atomic E-state index is 0.195. The monoisotopic (exact) mass is 598 g/mol. The van der Waals surface area contributed by atoms with E-state index in [1.165, 1.54) is 64.2 Å². The van der Waals surface area contributed by atoms with Crippen LogP contribution in [0, 0.1) is 17.8 Å². The van der Waals surface area contributed by atoms with Crippen LogP contribution in [-0.4, -0.2) is 60.1 Å². The zero-order valence-electron chi connectivity index (χ0n) is 26.7. The molecule has 6 rings (SSSR count). The van der Waals surface area contributed by atoms with E-state index in [1.807, 2.05) is 36.4 Å². The van der Waals surface area contributed by atoms with Gasteiger partial charge in [-0.05, 0) is 54.6 Å². The van der Waals surface area contributed by atoms with Crippen molar-refractivity contribution in [2.24, 2.45) is 17.8 Å². The van der Waals surface area contributed by atoms with Gasteiger partial charge in [0.05, 0.1) is 18.1 Å². The molecule has 2 heterocycles. The molecule has 1 unspecified atom stereocenters. The molecule has 2 amide bonds. The maximum absolute atomic E-state index is 14.6. The summed E-state index contributed by atoms with van der Waals surface area (Å²) in [4.78, 5) is 32.8. The minimum Gasteiger partial charge on any atom is -0.342 e. The first-order valence-electron chi connectivity index (χ1n) is 17.7. The van der Waals surface area contributed by atoms with Gasteiger partial charge in [-0.15, -0.1) is 0 Å². The third kappa shape index (κ3) is 7.56. The normalized spacial score (nSPS) is 23.7. The Labute approximate surface area is 265 Å². The van der Waals surface area contributed by atoms with Crippen molar-refractivity contribution in [2.75, 3.05) is 33.0 Å². The highest BCUT2D eigenvalue weighted by molar-refractivity contribution is 5.88. The Bertz CT molecular complexity index is 1130. The highest BCUT2D eigenvalue weighted by Crippen LogP contribution is 2.39. The smallest absolute Gasteiger partial charge is 0.243 e. The lowest BCUT2D eigenvalue weighted by Crippen LogP contribution is -2.58. The molecule has 6 heteroatoms. The highest BCUT2D eigenvalue weighted by atomic mass is 16.2.